The van der Waals surface area contributed by atoms with Gasteiger partial charge in [-0.1, -0.05) is 11.8 Å². The number of nitrogens with two attached hydrogens (primary N) is 1. The summed E-state index contributed by atoms with van der Waals surface area (Å²) in [6, 6.07) is 1.30. The van der Waals surface area contributed by atoms with Gasteiger partial charge >= 0.3 is 0 Å². The van der Waals surface area contributed by atoms with Crippen LogP contribution in [0.4, 0.5) is 0 Å². The summed E-state index contributed by atoms with van der Waals surface area (Å²) in [5, 5.41) is 0.399. The first-order valence-electron chi connectivity index (χ1n) is 3.40. The molecule has 0 saturated carbocycles. The Morgan fingerprint density at radius 2 is 2.54 bits per heavy atom. The molecule has 0 aliphatic rings. The highest BCUT2D eigenvalue weighted by molar-refractivity contribution is 7.99. The number of nitrogens with one attached hydrogen (secondary N) is 2. The second-order valence-corrected chi connectivity index (χ2v) is 3.06. The van der Waals surface area contributed by atoms with Crippen molar-refractivity contribution in [2.24, 2.45) is 5.84 Å². The maximum atomic E-state index is 10.8. The van der Waals surface area contributed by atoms with Crippen molar-refractivity contribution in [3.63, 3.8) is 0 Å². The Hall–Kier alpha value is -1.34. The number of hydrazine groups is 1. The summed E-state index contributed by atoms with van der Waals surface area (Å²) in [5.41, 5.74) is 1.73. The van der Waals surface area contributed by atoms with E-state index in [9.17, 15) is 9.59 Å². The lowest BCUT2D eigenvalue weighted by molar-refractivity contribution is -0.118. The van der Waals surface area contributed by atoms with Crippen molar-refractivity contribution in [2.75, 3.05) is 5.75 Å². The zero-order valence-electron chi connectivity index (χ0n) is 6.61. The number of nitrogens with zero attached hydrogens (tertiary/aromatic N) is 1. The molecule has 0 spiro atoms. The van der Waals surface area contributed by atoms with Gasteiger partial charge in [0, 0.05) is 12.3 Å². The van der Waals surface area contributed by atoms with E-state index < -0.39 is 0 Å². The van der Waals surface area contributed by atoms with Gasteiger partial charge < -0.3 is 4.98 Å². The molecule has 4 N–H and O–H groups in total. The predicted molar refractivity (Wildman–Crippen MR) is 47.9 cm³/mol. The van der Waals surface area contributed by atoms with E-state index in [2.05, 4.69) is 9.97 Å². The van der Waals surface area contributed by atoms with E-state index in [0.29, 0.717) is 5.16 Å². The van der Waals surface area contributed by atoms with E-state index in [1.54, 1.807) is 0 Å². The number of carbonyl (C=O) groups excluding carboxylic acids is 1. The standard InChI is InChI=1S/C6H8N4O2S/c7-10-5(12)3-13-6-8-2-1-4(11)9-6/h1-2H,3,7H2,(H,10,12)(H,8,9,11). The Labute approximate surface area is 77.9 Å². The quantitative estimate of drug-likeness (QED) is 0.188. The Balaban J connectivity index is 2.55. The van der Waals surface area contributed by atoms with Gasteiger partial charge in [-0.2, -0.15) is 0 Å². The topological polar surface area (TPSA) is 101 Å². The maximum absolute atomic E-state index is 10.8. The van der Waals surface area contributed by atoms with Gasteiger partial charge in [0.25, 0.3) is 5.56 Å². The number of hydrogen-bond acceptors (Lipinski definition) is 5. The third-order valence-electron chi connectivity index (χ3n) is 1.15. The lowest BCUT2D eigenvalue weighted by Crippen LogP contribution is -2.31. The molecule has 0 aliphatic heterocycles. The molecule has 7 heteroatoms. The Kier molecular flexibility index (Phi) is 3.47. The van der Waals surface area contributed by atoms with Crippen LogP contribution in [0.3, 0.4) is 0 Å². The Morgan fingerprint density at radius 1 is 1.77 bits per heavy atom. The van der Waals surface area contributed by atoms with Crippen molar-refractivity contribution in [2.45, 2.75) is 5.16 Å². The van der Waals surface area contributed by atoms with Gasteiger partial charge in [0.05, 0.1) is 5.75 Å². The summed E-state index contributed by atoms with van der Waals surface area (Å²) in [7, 11) is 0. The van der Waals surface area contributed by atoms with E-state index in [1.807, 2.05) is 5.43 Å². The van der Waals surface area contributed by atoms with Crippen LogP contribution in [-0.2, 0) is 4.79 Å². The van der Waals surface area contributed by atoms with E-state index in [-0.39, 0.29) is 17.2 Å². The fourth-order valence-electron chi connectivity index (χ4n) is 0.601. The van der Waals surface area contributed by atoms with Crippen LogP contribution < -0.4 is 16.8 Å². The lowest BCUT2D eigenvalue weighted by Gasteiger charge is -1.98. The zero-order valence-corrected chi connectivity index (χ0v) is 7.43. The summed E-state index contributed by atoms with van der Waals surface area (Å²) in [6.45, 7) is 0. The Morgan fingerprint density at radius 3 is 3.15 bits per heavy atom. The third kappa shape index (κ3) is 3.26. The molecule has 0 unspecified atom stereocenters. The van der Waals surface area contributed by atoms with Gasteiger partial charge in [-0.25, -0.2) is 10.8 Å². The van der Waals surface area contributed by atoms with Gasteiger partial charge in [-0.15, -0.1) is 0 Å². The fraction of sp³-hybridized carbons (Fsp3) is 0.167. The molecule has 70 valence electrons. The molecule has 1 aromatic heterocycles. The molecule has 0 atom stereocenters. The van der Waals surface area contributed by atoms with Crippen molar-refractivity contribution in [3.8, 4) is 0 Å². The summed E-state index contributed by atoms with van der Waals surface area (Å²) < 4.78 is 0. The van der Waals surface area contributed by atoms with Crippen LogP contribution >= 0.6 is 11.8 Å². The average molecular weight is 200 g/mol. The predicted octanol–water partition coefficient (Wildman–Crippen LogP) is -1.15. The van der Waals surface area contributed by atoms with Gasteiger partial charge in [0.2, 0.25) is 5.91 Å². The van der Waals surface area contributed by atoms with Crippen molar-refractivity contribution in [3.05, 3.63) is 22.6 Å². The first kappa shape index (κ1) is 9.75. The first-order valence-corrected chi connectivity index (χ1v) is 4.38. The molecule has 1 rings (SSSR count). The molecular weight excluding hydrogens is 192 g/mol. The van der Waals surface area contributed by atoms with Crippen LogP contribution in [-0.4, -0.2) is 21.6 Å². The van der Waals surface area contributed by atoms with Crippen LogP contribution in [0, 0.1) is 0 Å². The minimum Gasteiger partial charge on any atom is -0.301 e. The van der Waals surface area contributed by atoms with Crippen molar-refractivity contribution >= 4 is 17.7 Å². The fourth-order valence-corrected chi connectivity index (χ4v) is 1.26. The van der Waals surface area contributed by atoms with Crippen molar-refractivity contribution < 1.29 is 4.79 Å². The van der Waals surface area contributed by atoms with Crippen LogP contribution in [0.25, 0.3) is 0 Å². The van der Waals surface area contributed by atoms with Gasteiger partial charge in [0.15, 0.2) is 5.16 Å². The molecule has 0 radical (unpaired) electrons. The maximum Gasteiger partial charge on any atom is 0.251 e. The normalized spacial score (nSPS) is 9.62. The van der Waals surface area contributed by atoms with E-state index in [4.69, 9.17) is 5.84 Å². The van der Waals surface area contributed by atoms with Crippen molar-refractivity contribution in [1.29, 1.82) is 0 Å². The number of aromatic amines is 1. The number of rotatable bonds is 3. The molecule has 1 aromatic rings. The van der Waals surface area contributed by atoms with Gasteiger partial charge in [-0.3, -0.25) is 15.0 Å². The molecule has 0 bridgehead atoms. The molecule has 6 nitrogen and oxygen atoms in total. The summed E-state index contributed by atoms with van der Waals surface area (Å²) >= 11 is 1.11. The largest absolute Gasteiger partial charge is 0.301 e. The van der Waals surface area contributed by atoms with Gasteiger partial charge in [0.1, 0.15) is 0 Å². The molecule has 1 amide bonds. The minimum absolute atomic E-state index is 0.128. The third-order valence-corrected chi connectivity index (χ3v) is 2.04. The van der Waals surface area contributed by atoms with Crippen LogP contribution in [0.1, 0.15) is 0 Å². The van der Waals surface area contributed by atoms with Crippen LogP contribution in [0.5, 0.6) is 0 Å². The first-order chi connectivity index (χ1) is 6.22. The summed E-state index contributed by atoms with van der Waals surface area (Å²) in [4.78, 5) is 27.8. The number of H-pyrrole nitrogens is 1. The lowest BCUT2D eigenvalue weighted by atomic mass is 10.7. The number of aromatic nitrogens is 2. The summed E-state index contributed by atoms with van der Waals surface area (Å²) in [5.74, 6) is 4.67. The molecule has 0 fully saturated rings. The molecule has 1 heterocycles. The van der Waals surface area contributed by atoms with Crippen LogP contribution in [0.15, 0.2) is 22.2 Å². The highest BCUT2D eigenvalue weighted by Gasteiger charge is 2.01. The van der Waals surface area contributed by atoms with E-state index in [1.165, 1.54) is 12.3 Å². The minimum atomic E-state index is -0.323. The second-order valence-electron chi connectivity index (χ2n) is 2.10. The Bertz CT molecular complexity index is 350. The van der Waals surface area contributed by atoms with Gasteiger partial charge in [-0.05, 0) is 0 Å². The highest BCUT2D eigenvalue weighted by atomic mass is 32.2. The smallest absolute Gasteiger partial charge is 0.251 e. The molecule has 0 saturated heterocycles. The monoisotopic (exact) mass is 200 g/mol. The molecule has 0 aromatic carbocycles. The molecule has 0 aliphatic carbocycles. The average Bonchev–Trinajstić information content (AvgIpc) is 2.14. The van der Waals surface area contributed by atoms with E-state index >= 15 is 0 Å². The highest BCUT2D eigenvalue weighted by Crippen LogP contribution is 2.08. The van der Waals surface area contributed by atoms with Crippen LogP contribution in [0.2, 0.25) is 0 Å². The number of thioether (sulfide) groups is 1. The van der Waals surface area contributed by atoms with Crippen molar-refractivity contribution in [1.82, 2.24) is 15.4 Å². The number of hydrogen-bond donors (Lipinski definition) is 3. The number of amides is 1. The zero-order chi connectivity index (χ0) is 9.68. The van der Waals surface area contributed by atoms with E-state index in [0.717, 1.165) is 11.8 Å². The number of carbonyl (C=O) groups is 1. The SMILES string of the molecule is NNC(=O)CSc1nccc(=O)[nH]1. The molecular formula is C6H8N4O2S. The summed E-state index contributed by atoms with van der Waals surface area (Å²) in [6.07, 6.45) is 1.38. The second kappa shape index (κ2) is 4.63. The molecule has 13 heavy (non-hydrogen) atoms.